The molecule has 1 rings (SSSR count). The number of esters is 1. The van der Waals surface area contributed by atoms with Gasteiger partial charge in [0.2, 0.25) is 0 Å². The highest BCUT2D eigenvalue weighted by Crippen LogP contribution is 2.09. The molecule has 1 aromatic rings. The Morgan fingerprint density at radius 3 is 2.75 bits per heavy atom. The lowest BCUT2D eigenvalue weighted by atomic mass is 10.2. The number of ether oxygens (including phenoxy) is 1. The van der Waals surface area contributed by atoms with Crippen molar-refractivity contribution in [1.29, 1.82) is 0 Å². The van der Waals surface area contributed by atoms with Gasteiger partial charge in [0.05, 0.1) is 17.9 Å². The van der Waals surface area contributed by atoms with Gasteiger partial charge in [-0.15, -0.1) is 0 Å². The molecule has 0 saturated heterocycles. The van der Waals surface area contributed by atoms with Crippen molar-refractivity contribution in [1.82, 2.24) is 4.98 Å². The minimum absolute atomic E-state index is 0.311. The first-order valence-electron chi connectivity index (χ1n) is 5.44. The average Bonchev–Trinajstić information content (AvgIpc) is 2.29. The van der Waals surface area contributed by atoms with Crippen molar-refractivity contribution < 1.29 is 9.53 Å². The molecule has 0 radical (unpaired) electrons. The van der Waals surface area contributed by atoms with E-state index < -0.39 is 0 Å². The van der Waals surface area contributed by atoms with Crippen molar-refractivity contribution in [3.63, 3.8) is 0 Å². The molecule has 3 nitrogen and oxygen atoms in total. The van der Waals surface area contributed by atoms with E-state index >= 15 is 0 Å². The summed E-state index contributed by atoms with van der Waals surface area (Å²) >= 11 is 0. The molecule has 0 aliphatic rings. The van der Waals surface area contributed by atoms with Gasteiger partial charge in [0.1, 0.15) is 0 Å². The van der Waals surface area contributed by atoms with E-state index in [-0.39, 0.29) is 5.97 Å². The first kappa shape index (κ1) is 12.4. The maximum Gasteiger partial charge on any atom is 0.339 e. The topological polar surface area (TPSA) is 39.2 Å². The zero-order valence-corrected chi connectivity index (χ0v) is 9.82. The standard InChI is InChI=1S/C13H17NO2/c1-4-5-8-16-13(15)11-6-7-12(10(2)3)14-9-11/h6-7,9H,2,4-5,8H2,1,3H3. The molecule has 0 bridgehead atoms. The molecule has 0 aliphatic heterocycles. The van der Waals surface area contributed by atoms with Crippen LogP contribution in [0, 0.1) is 0 Å². The Hall–Kier alpha value is -1.64. The Labute approximate surface area is 96.2 Å². The summed E-state index contributed by atoms with van der Waals surface area (Å²) in [5.74, 6) is -0.311. The van der Waals surface area contributed by atoms with Crippen molar-refractivity contribution in [3.05, 3.63) is 36.2 Å². The highest BCUT2D eigenvalue weighted by atomic mass is 16.5. The normalized spacial score (nSPS) is 9.88. The maximum atomic E-state index is 11.5. The molecule has 1 heterocycles. The van der Waals surface area contributed by atoms with Crippen LogP contribution in [0.25, 0.3) is 5.57 Å². The fourth-order valence-electron chi connectivity index (χ4n) is 1.16. The third kappa shape index (κ3) is 3.50. The fourth-order valence-corrected chi connectivity index (χ4v) is 1.16. The van der Waals surface area contributed by atoms with Crippen LogP contribution in [-0.2, 0) is 4.74 Å². The monoisotopic (exact) mass is 219 g/mol. The van der Waals surface area contributed by atoms with Crippen molar-refractivity contribution in [3.8, 4) is 0 Å². The van der Waals surface area contributed by atoms with E-state index in [2.05, 4.69) is 18.5 Å². The number of aromatic nitrogens is 1. The Bertz CT molecular complexity index is 368. The number of hydrogen-bond donors (Lipinski definition) is 0. The van der Waals surface area contributed by atoms with E-state index in [0.29, 0.717) is 12.2 Å². The minimum Gasteiger partial charge on any atom is -0.462 e. The van der Waals surface area contributed by atoms with Crippen LogP contribution < -0.4 is 0 Å². The van der Waals surface area contributed by atoms with E-state index in [1.54, 1.807) is 12.1 Å². The fraction of sp³-hybridized carbons (Fsp3) is 0.385. The molecule has 0 spiro atoms. The van der Waals surface area contributed by atoms with Crippen molar-refractivity contribution in [2.24, 2.45) is 0 Å². The molecule has 86 valence electrons. The van der Waals surface area contributed by atoms with Crippen LogP contribution in [0.1, 0.15) is 42.7 Å². The van der Waals surface area contributed by atoms with Crippen LogP contribution >= 0.6 is 0 Å². The Morgan fingerprint density at radius 1 is 1.50 bits per heavy atom. The highest BCUT2D eigenvalue weighted by molar-refractivity contribution is 5.89. The Kier molecular flexibility index (Phi) is 4.70. The zero-order chi connectivity index (χ0) is 12.0. The lowest BCUT2D eigenvalue weighted by molar-refractivity contribution is 0.0499. The quantitative estimate of drug-likeness (QED) is 0.564. The molecule has 0 atom stereocenters. The summed E-state index contributed by atoms with van der Waals surface area (Å²) in [4.78, 5) is 15.6. The summed E-state index contributed by atoms with van der Waals surface area (Å²) in [7, 11) is 0. The molecule has 0 N–H and O–H groups in total. The van der Waals surface area contributed by atoms with Crippen LogP contribution in [0.4, 0.5) is 0 Å². The summed E-state index contributed by atoms with van der Waals surface area (Å²) in [5.41, 5.74) is 2.16. The number of nitrogens with zero attached hydrogens (tertiary/aromatic N) is 1. The number of carbonyl (C=O) groups excluding carboxylic acids is 1. The third-order valence-electron chi connectivity index (χ3n) is 2.17. The molecule has 0 amide bonds. The summed E-state index contributed by atoms with van der Waals surface area (Å²) in [6, 6.07) is 3.49. The van der Waals surface area contributed by atoms with Gasteiger partial charge in [-0.2, -0.15) is 0 Å². The largest absolute Gasteiger partial charge is 0.462 e. The molecular weight excluding hydrogens is 202 g/mol. The van der Waals surface area contributed by atoms with Crippen molar-refractivity contribution in [2.75, 3.05) is 6.61 Å². The Balaban J connectivity index is 2.59. The molecule has 0 aromatic carbocycles. The highest BCUT2D eigenvalue weighted by Gasteiger charge is 2.07. The van der Waals surface area contributed by atoms with Gasteiger partial charge >= 0.3 is 5.97 Å². The number of rotatable bonds is 5. The van der Waals surface area contributed by atoms with Crippen LogP contribution in [0.15, 0.2) is 24.9 Å². The smallest absolute Gasteiger partial charge is 0.339 e. The summed E-state index contributed by atoms with van der Waals surface area (Å²) in [6.45, 7) is 8.18. The Morgan fingerprint density at radius 2 is 2.25 bits per heavy atom. The molecule has 16 heavy (non-hydrogen) atoms. The second-order valence-electron chi connectivity index (χ2n) is 3.70. The SMILES string of the molecule is C=C(C)c1ccc(C(=O)OCCCC)cn1. The van der Waals surface area contributed by atoms with Gasteiger partial charge in [-0.05, 0) is 31.1 Å². The minimum atomic E-state index is -0.311. The van der Waals surface area contributed by atoms with Crippen LogP contribution in [-0.4, -0.2) is 17.6 Å². The average molecular weight is 219 g/mol. The number of hydrogen-bond acceptors (Lipinski definition) is 3. The van der Waals surface area contributed by atoms with Crippen molar-refractivity contribution >= 4 is 11.5 Å². The number of pyridine rings is 1. The molecule has 0 saturated carbocycles. The van der Waals surface area contributed by atoms with Gasteiger partial charge in [-0.25, -0.2) is 4.79 Å². The van der Waals surface area contributed by atoms with E-state index in [4.69, 9.17) is 4.74 Å². The van der Waals surface area contributed by atoms with E-state index in [9.17, 15) is 4.79 Å². The predicted molar refractivity (Wildman–Crippen MR) is 64.1 cm³/mol. The lowest BCUT2D eigenvalue weighted by Gasteiger charge is -2.04. The first-order valence-corrected chi connectivity index (χ1v) is 5.44. The van der Waals surface area contributed by atoms with Gasteiger partial charge in [-0.1, -0.05) is 19.9 Å². The molecule has 3 heteroatoms. The van der Waals surface area contributed by atoms with Crippen molar-refractivity contribution in [2.45, 2.75) is 26.7 Å². The first-order chi connectivity index (χ1) is 7.65. The zero-order valence-electron chi connectivity index (χ0n) is 9.82. The van der Waals surface area contributed by atoms with Gasteiger partial charge in [0.25, 0.3) is 0 Å². The second-order valence-corrected chi connectivity index (χ2v) is 3.70. The van der Waals surface area contributed by atoms with Gasteiger partial charge < -0.3 is 4.74 Å². The molecule has 0 fully saturated rings. The van der Waals surface area contributed by atoms with E-state index in [0.717, 1.165) is 24.1 Å². The molecule has 1 aromatic heterocycles. The van der Waals surface area contributed by atoms with Gasteiger partial charge in [0, 0.05) is 6.20 Å². The second kappa shape index (κ2) is 6.05. The third-order valence-corrected chi connectivity index (χ3v) is 2.17. The van der Waals surface area contributed by atoms with Gasteiger partial charge in [0.15, 0.2) is 0 Å². The molecule has 0 unspecified atom stereocenters. The summed E-state index contributed by atoms with van der Waals surface area (Å²) < 4.78 is 5.07. The predicted octanol–water partition coefficient (Wildman–Crippen LogP) is 3.07. The van der Waals surface area contributed by atoms with Crippen LogP contribution in [0.3, 0.4) is 0 Å². The van der Waals surface area contributed by atoms with E-state index in [1.165, 1.54) is 6.20 Å². The van der Waals surface area contributed by atoms with Crippen LogP contribution in [0.5, 0.6) is 0 Å². The van der Waals surface area contributed by atoms with E-state index in [1.807, 2.05) is 6.92 Å². The number of allylic oxidation sites excluding steroid dienone is 1. The molecular formula is C13H17NO2. The lowest BCUT2D eigenvalue weighted by Crippen LogP contribution is -2.06. The number of unbranched alkanes of at least 4 members (excludes halogenated alkanes) is 1. The summed E-state index contributed by atoms with van der Waals surface area (Å²) in [5, 5.41) is 0. The summed E-state index contributed by atoms with van der Waals surface area (Å²) in [6.07, 6.45) is 3.43. The maximum absolute atomic E-state index is 11.5. The van der Waals surface area contributed by atoms with Gasteiger partial charge in [-0.3, -0.25) is 4.98 Å². The number of carbonyl (C=O) groups is 1. The molecule has 0 aliphatic carbocycles. The van der Waals surface area contributed by atoms with Crippen LogP contribution in [0.2, 0.25) is 0 Å².